The number of carbonyl (C=O) groups is 2. The molecule has 0 saturated carbocycles. The van der Waals surface area contributed by atoms with E-state index in [0.717, 1.165) is 27.5 Å². The molecule has 1 atom stereocenters. The summed E-state index contributed by atoms with van der Waals surface area (Å²) < 4.78 is 0. The fourth-order valence-electron chi connectivity index (χ4n) is 4.20. The van der Waals surface area contributed by atoms with Crippen LogP contribution in [0.25, 0.3) is 10.8 Å². The number of rotatable bonds is 6. The highest BCUT2D eigenvalue weighted by molar-refractivity contribution is 8.00. The van der Waals surface area contributed by atoms with Gasteiger partial charge in [0, 0.05) is 18.7 Å². The van der Waals surface area contributed by atoms with Gasteiger partial charge in [0.15, 0.2) is 0 Å². The molecule has 1 aliphatic heterocycles. The van der Waals surface area contributed by atoms with E-state index in [1.807, 2.05) is 83.8 Å². The highest BCUT2D eigenvalue weighted by Crippen LogP contribution is 2.39. The van der Waals surface area contributed by atoms with Crippen LogP contribution in [-0.4, -0.2) is 22.5 Å². The molecule has 4 nitrogen and oxygen atoms in total. The Kier molecular flexibility index (Phi) is 6.13. The van der Waals surface area contributed by atoms with Crippen LogP contribution >= 0.6 is 11.8 Å². The molecule has 164 valence electrons. The van der Waals surface area contributed by atoms with Gasteiger partial charge in [-0.3, -0.25) is 9.59 Å². The van der Waals surface area contributed by atoms with Crippen molar-refractivity contribution in [3.05, 3.63) is 119 Å². The Morgan fingerprint density at radius 3 is 2.42 bits per heavy atom. The van der Waals surface area contributed by atoms with Crippen molar-refractivity contribution in [3.8, 4) is 0 Å². The van der Waals surface area contributed by atoms with E-state index >= 15 is 0 Å². The van der Waals surface area contributed by atoms with Gasteiger partial charge in [-0.05, 0) is 39.6 Å². The minimum absolute atomic E-state index is 0.0366. The second-order valence-electron chi connectivity index (χ2n) is 8.11. The molecule has 1 N–H and O–H groups in total. The SMILES string of the molecule is O=C(NCc1cccc2ccccc12)c1ccc(C2SCC(=O)N2Cc2ccccc2)cc1. The van der Waals surface area contributed by atoms with Crippen molar-refractivity contribution in [2.24, 2.45) is 0 Å². The second-order valence-corrected chi connectivity index (χ2v) is 9.18. The summed E-state index contributed by atoms with van der Waals surface area (Å²) in [7, 11) is 0. The first kappa shape index (κ1) is 21.3. The molecule has 1 fully saturated rings. The maximum Gasteiger partial charge on any atom is 0.251 e. The third kappa shape index (κ3) is 4.64. The molecule has 0 bridgehead atoms. The summed E-state index contributed by atoms with van der Waals surface area (Å²) in [6.07, 6.45) is 0. The molecule has 0 radical (unpaired) electrons. The van der Waals surface area contributed by atoms with Crippen molar-refractivity contribution in [3.63, 3.8) is 0 Å². The van der Waals surface area contributed by atoms with Crippen molar-refractivity contribution in [2.75, 3.05) is 5.75 Å². The van der Waals surface area contributed by atoms with Crippen molar-refractivity contribution in [1.82, 2.24) is 10.2 Å². The molecule has 1 unspecified atom stereocenters. The number of hydrogen-bond acceptors (Lipinski definition) is 3. The third-order valence-corrected chi connectivity index (χ3v) is 7.20. The Labute approximate surface area is 197 Å². The van der Waals surface area contributed by atoms with Crippen molar-refractivity contribution in [1.29, 1.82) is 0 Å². The molecule has 0 spiro atoms. The predicted octanol–water partition coefficient (Wildman–Crippen LogP) is 5.54. The number of carbonyl (C=O) groups excluding carboxylic acids is 2. The lowest BCUT2D eigenvalue weighted by molar-refractivity contribution is -0.128. The van der Waals surface area contributed by atoms with Crippen LogP contribution in [0, 0.1) is 0 Å². The van der Waals surface area contributed by atoms with Crippen molar-refractivity contribution in [2.45, 2.75) is 18.5 Å². The molecule has 0 aromatic heterocycles. The van der Waals surface area contributed by atoms with Gasteiger partial charge in [-0.25, -0.2) is 0 Å². The second kappa shape index (κ2) is 9.51. The molecular weight excluding hydrogens is 428 g/mol. The minimum atomic E-state index is -0.106. The Morgan fingerprint density at radius 1 is 0.879 bits per heavy atom. The minimum Gasteiger partial charge on any atom is -0.348 e. The van der Waals surface area contributed by atoms with E-state index in [2.05, 4.69) is 23.5 Å². The quantitative estimate of drug-likeness (QED) is 0.418. The van der Waals surface area contributed by atoms with Crippen LogP contribution in [0.15, 0.2) is 97.1 Å². The van der Waals surface area contributed by atoms with Crippen molar-refractivity contribution >= 4 is 34.3 Å². The number of benzene rings is 4. The summed E-state index contributed by atoms with van der Waals surface area (Å²) in [5.41, 5.74) is 3.86. The van der Waals surface area contributed by atoms with E-state index in [1.165, 1.54) is 0 Å². The molecule has 1 aliphatic rings. The van der Waals surface area contributed by atoms with Gasteiger partial charge in [-0.2, -0.15) is 0 Å². The normalized spacial score (nSPS) is 15.7. The zero-order valence-electron chi connectivity index (χ0n) is 18.1. The van der Waals surface area contributed by atoms with Crippen LogP contribution in [0.2, 0.25) is 0 Å². The van der Waals surface area contributed by atoms with Gasteiger partial charge < -0.3 is 10.2 Å². The first-order valence-corrected chi connectivity index (χ1v) is 12.0. The van der Waals surface area contributed by atoms with Crippen molar-refractivity contribution < 1.29 is 9.59 Å². The Balaban J connectivity index is 1.27. The summed E-state index contributed by atoms with van der Waals surface area (Å²) in [5, 5.41) is 5.31. The number of thioether (sulfide) groups is 1. The number of hydrogen-bond donors (Lipinski definition) is 1. The molecule has 2 amide bonds. The fourth-order valence-corrected chi connectivity index (χ4v) is 5.39. The predicted molar refractivity (Wildman–Crippen MR) is 134 cm³/mol. The van der Waals surface area contributed by atoms with Gasteiger partial charge >= 0.3 is 0 Å². The Bertz CT molecular complexity index is 1280. The van der Waals surface area contributed by atoms with Gasteiger partial charge in [0.1, 0.15) is 5.37 Å². The molecule has 0 aliphatic carbocycles. The first-order valence-electron chi connectivity index (χ1n) is 11.0. The summed E-state index contributed by atoms with van der Waals surface area (Å²) in [4.78, 5) is 27.2. The highest BCUT2D eigenvalue weighted by atomic mass is 32.2. The van der Waals surface area contributed by atoms with Crippen LogP contribution in [0.5, 0.6) is 0 Å². The van der Waals surface area contributed by atoms with E-state index < -0.39 is 0 Å². The highest BCUT2D eigenvalue weighted by Gasteiger charge is 2.32. The van der Waals surface area contributed by atoms with Crippen LogP contribution in [0.1, 0.15) is 32.4 Å². The van der Waals surface area contributed by atoms with Crippen LogP contribution < -0.4 is 5.32 Å². The lowest BCUT2D eigenvalue weighted by Gasteiger charge is -2.24. The molecule has 33 heavy (non-hydrogen) atoms. The van der Waals surface area contributed by atoms with Crippen LogP contribution in [-0.2, 0) is 17.9 Å². The van der Waals surface area contributed by atoms with Gasteiger partial charge in [-0.1, -0.05) is 84.9 Å². The van der Waals surface area contributed by atoms with E-state index in [-0.39, 0.29) is 17.2 Å². The average molecular weight is 453 g/mol. The van der Waals surface area contributed by atoms with Gasteiger partial charge in [0.2, 0.25) is 5.91 Å². The lowest BCUT2D eigenvalue weighted by Crippen LogP contribution is -2.27. The summed E-state index contributed by atoms with van der Waals surface area (Å²) in [6.45, 7) is 1.06. The summed E-state index contributed by atoms with van der Waals surface area (Å²) in [6, 6.07) is 32.0. The molecular formula is C28H24N2O2S. The van der Waals surface area contributed by atoms with Crippen LogP contribution in [0.3, 0.4) is 0 Å². The topological polar surface area (TPSA) is 49.4 Å². The molecule has 1 saturated heterocycles. The van der Waals surface area contributed by atoms with Gasteiger partial charge in [0.05, 0.1) is 5.75 Å². The molecule has 4 aromatic carbocycles. The van der Waals surface area contributed by atoms with E-state index in [1.54, 1.807) is 11.8 Å². The van der Waals surface area contributed by atoms with Crippen LogP contribution in [0.4, 0.5) is 0 Å². The maximum absolute atomic E-state index is 12.8. The monoisotopic (exact) mass is 452 g/mol. The zero-order valence-corrected chi connectivity index (χ0v) is 18.9. The van der Waals surface area contributed by atoms with E-state index in [0.29, 0.717) is 24.4 Å². The average Bonchev–Trinajstić information content (AvgIpc) is 3.23. The van der Waals surface area contributed by atoms with E-state index in [9.17, 15) is 9.59 Å². The standard InChI is InChI=1S/C28H24N2O2S/c31-26-19-33-28(30(26)18-20-7-2-1-3-8-20)23-15-13-22(14-16-23)27(32)29-17-24-11-6-10-21-9-4-5-12-25(21)24/h1-16,28H,17-19H2,(H,29,32). The maximum atomic E-state index is 12.8. The Morgan fingerprint density at radius 2 is 1.61 bits per heavy atom. The largest absolute Gasteiger partial charge is 0.348 e. The number of nitrogens with zero attached hydrogens (tertiary/aromatic N) is 1. The number of amides is 2. The van der Waals surface area contributed by atoms with E-state index in [4.69, 9.17) is 0 Å². The fraction of sp³-hybridized carbons (Fsp3) is 0.143. The molecule has 1 heterocycles. The molecule has 5 rings (SSSR count). The molecule has 4 aromatic rings. The smallest absolute Gasteiger partial charge is 0.251 e. The zero-order chi connectivity index (χ0) is 22.6. The Hall–Kier alpha value is -3.57. The number of fused-ring (bicyclic) bond motifs is 1. The summed E-state index contributed by atoms with van der Waals surface area (Å²) in [5.74, 6) is 0.515. The summed E-state index contributed by atoms with van der Waals surface area (Å²) >= 11 is 1.63. The lowest BCUT2D eigenvalue weighted by atomic mass is 10.0. The third-order valence-electron chi connectivity index (χ3n) is 5.94. The van der Waals surface area contributed by atoms with Gasteiger partial charge in [-0.15, -0.1) is 11.8 Å². The van der Waals surface area contributed by atoms with Gasteiger partial charge in [0.25, 0.3) is 5.91 Å². The number of nitrogens with one attached hydrogen (secondary N) is 1. The first-order chi connectivity index (χ1) is 16.2. The molecule has 5 heteroatoms.